The van der Waals surface area contributed by atoms with Gasteiger partial charge in [-0.2, -0.15) is 0 Å². The molecule has 0 radical (unpaired) electrons. The second-order valence-corrected chi connectivity index (χ2v) is 6.98. The van der Waals surface area contributed by atoms with Gasteiger partial charge in [0, 0.05) is 5.88 Å². The van der Waals surface area contributed by atoms with Gasteiger partial charge in [-0.3, -0.25) is 0 Å². The van der Waals surface area contributed by atoms with E-state index >= 15 is 0 Å². The molecule has 0 unspecified atom stereocenters. The van der Waals surface area contributed by atoms with E-state index in [-0.39, 0.29) is 6.61 Å². The molecule has 0 heterocycles. The van der Waals surface area contributed by atoms with E-state index in [1.165, 1.54) is 16.7 Å². The van der Waals surface area contributed by atoms with E-state index in [2.05, 4.69) is 32.0 Å². The Balaban J connectivity index is 0.000000223. The van der Waals surface area contributed by atoms with E-state index < -0.39 is 0 Å². The molecule has 0 spiro atoms. The maximum Gasteiger partial charge on any atom is 0.120 e. The van der Waals surface area contributed by atoms with Gasteiger partial charge in [0.1, 0.15) is 12.4 Å². The Morgan fingerprint density at radius 3 is 1.93 bits per heavy atom. The van der Waals surface area contributed by atoms with Gasteiger partial charge < -0.3 is 9.84 Å². The number of rotatable bonds is 5. The Hall–Kier alpha value is -2.29. The van der Waals surface area contributed by atoms with E-state index in [0.717, 1.165) is 22.4 Å². The van der Waals surface area contributed by atoms with E-state index in [1.54, 1.807) is 0 Å². The van der Waals surface area contributed by atoms with E-state index in [9.17, 15) is 0 Å². The first-order valence-corrected chi connectivity index (χ1v) is 9.55. The summed E-state index contributed by atoms with van der Waals surface area (Å²) in [6.45, 7) is 6.76. The zero-order valence-electron chi connectivity index (χ0n) is 16.2. The molecule has 0 saturated heterocycles. The van der Waals surface area contributed by atoms with Crippen molar-refractivity contribution >= 4 is 11.6 Å². The Labute approximate surface area is 167 Å². The van der Waals surface area contributed by atoms with Crippen molar-refractivity contribution in [1.29, 1.82) is 0 Å². The van der Waals surface area contributed by atoms with Gasteiger partial charge in [-0.25, -0.2) is 0 Å². The molecule has 0 aliphatic carbocycles. The van der Waals surface area contributed by atoms with Gasteiger partial charge in [-0.05, 0) is 55.2 Å². The molecule has 0 bridgehead atoms. The molecule has 0 amide bonds. The molecule has 0 fully saturated rings. The van der Waals surface area contributed by atoms with Crippen LogP contribution in [0.25, 0.3) is 0 Å². The zero-order chi connectivity index (χ0) is 19.6. The molecule has 0 aliphatic heterocycles. The number of aryl methyl sites for hydroxylation is 3. The van der Waals surface area contributed by atoms with Crippen LogP contribution in [-0.2, 0) is 19.1 Å². The second kappa shape index (κ2) is 10.8. The van der Waals surface area contributed by atoms with Gasteiger partial charge in [0.2, 0.25) is 0 Å². The van der Waals surface area contributed by atoms with Gasteiger partial charge in [0.15, 0.2) is 0 Å². The van der Waals surface area contributed by atoms with Crippen LogP contribution in [0.2, 0.25) is 0 Å². The molecule has 2 nitrogen and oxygen atoms in total. The summed E-state index contributed by atoms with van der Waals surface area (Å²) in [5.41, 5.74) is 6.90. The van der Waals surface area contributed by atoms with Gasteiger partial charge in [-0.1, -0.05) is 65.7 Å². The standard InChI is InChI=1S/C15H16O2.C9H11Cl/c1-12-7-14(10-16)9-15(8-12)17-11-13-5-3-2-4-6-13;1-7-3-8(2)5-9(4-7)6-10/h2-9,16H,10-11H2,1H3;3-5H,6H2,1-2H3. The van der Waals surface area contributed by atoms with Crippen molar-refractivity contribution in [1.82, 2.24) is 0 Å². The predicted molar refractivity (Wildman–Crippen MR) is 113 cm³/mol. The van der Waals surface area contributed by atoms with Crippen molar-refractivity contribution in [3.8, 4) is 5.75 Å². The average molecular weight is 383 g/mol. The summed E-state index contributed by atoms with van der Waals surface area (Å²) >= 11 is 5.67. The summed E-state index contributed by atoms with van der Waals surface area (Å²) < 4.78 is 5.70. The third-order valence-corrected chi connectivity index (χ3v) is 4.29. The van der Waals surface area contributed by atoms with E-state index in [4.69, 9.17) is 21.4 Å². The number of aliphatic hydroxyl groups excluding tert-OH is 1. The van der Waals surface area contributed by atoms with Gasteiger partial charge in [0.05, 0.1) is 6.61 Å². The molecule has 0 aromatic heterocycles. The van der Waals surface area contributed by atoms with Crippen molar-refractivity contribution in [3.63, 3.8) is 0 Å². The normalized spacial score (nSPS) is 10.1. The van der Waals surface area contributed by atoms with Crippen molar-refractivity contribution in [2.24, 2.45) is 0 Å². The highest BCUT2D eigenvalue weighted by molar-refractivity contribution is 6.17. The van der Waals surface area contributed by atoms with Crippen LogP contribution >= 0.6 is 11.6 Å². The second-order valence-electron chi connectivity index (χ2n) is 6.72. The van der Waals surface area contributed by atoms with Crippen molar-refractivity contribution in [2.45, 2.75) is 39.9 Å². The fraction of sp³-hybridized carbons (Fsp3) is 0.250. The molecule has 0 atom stereocenters. The molecular formula is C24H27ClO2. The molecule has 3 aromatic carbocycles. The van der Waals surface area contributed by atoms with Crippen LogP contribution in [0.1, 0.15) is 33.4 Å². The van der Waals surface area contributed by atoms with Gasteiger partial charge in [-0.15, -0.1) is 11.6 Å². The maximum absolute atomic E-state index is 9.12. The van der Waals surface area contributed by atoms with E-state index in [0.29, 0.717) is 12.5 Å². The minimum absolute atomic E-state index is 0.0450. The molecule has 0 aliphatic rings. The van der Waals surface area contributed by atoms with Crippen LogP contribution in [0.3, 0.4) is 0 Å². The van der Waals surface area contributed by atoms with Gasteiger partial charge >= 0.3 is 0 Å². The smallest absolute Gasteiger partial charge is 0.120 e. The summed E-state index contributed by atoms with van der Waals surface area (Å²) in [7, 11) is 0. The molecule has 0 saturated carbocycles. The summed E-state index contributed by atoms with van der Waals surface area (Å²) in [6.07, 6.45) is 0. The lowest BCUT2D eigenvalue weighted by Gasteiger charge is -2.08. The third-order valence-electron chi connectivity index (χ3n) is 3.98. The predicted octanol–water partition coefficient (Wildman–Crippen LogP) is 6.11. The molecule has 1 N–H and O–H groups in total. The van der Waals surface area contributed by atoms with Crippen LogP contribution in [0.5, 0.6) is 5.75 Å². The summed E-state index contributed by atoms with van der Waals surface area (Å²) in [4.78, 5) is 0. The molecular weight excluding hydrogens is 356 g/mol. The number of hydrogen-bond acceptors (Lipinski definition) is 2. The first kappa shape index (κ1) is 21.0. The minimum Gasteiger partial charge on any atom is -0.489 e. The lowest BCUT2D eigenvalue weighted by Crippen LogP contribution is -1.96. The quantitative estimate of drug-likeness (QED) is 0.539. The number of halogens is 1. The number of benzene rings is 3. The SMILES string of the molecule is Cc1cc(C)cc(CCl)c1.Cc1cc(CO)cc(OCc2ccccc2)c1. The Kier molecular flexibility index (Phi) is 8.38. The van der Waals surface area contributed by atoms with Crippen LogP contribution < -0.4 is 4.74 Å². The average Bonchev–Trinajstić information content (AvgIpc) is 2.66. The Bertz CT molecular complexity index is 824. The van der Waals surface area contributed by atoms with Crippen LogP contribution in [0.15, 0.2) is 66.7 Å². The summed E-state index contributed by atoms with van der Waals surface area (Å²) in [6, 6.07) is 22.2. The van der Waals surface area contributed by atoms with Crippen molar-refractivity contribution in [3.05, 3.63) is 100 Å². The maximum atomic E-state index is 9.12. The fourth-order valence-electron chi connectivity index (χ4n) is 2.89. The molecule has 3 heteroatoms. The molecule has 3 aromatic rings. The minimum atomic E-state index is 0.0450. The molecule has 3 rings (SSSR count). The van der Waals surface area contributed by atoms with Crippen molar-refractivity contribution < 1.29 is 9.84 Å². The topological polar surface area (TPSA) is 29.5 Å². The van der Waals surface area contributed by atoms with Crippen LogP contribution in [-0.4, -0.2) is 5.11 Å². The number of hydrogen-bond donors (Lipinski definition) is 1. The number of alkyl halides is 1. The summed E-state index contributed by atoms with van der Waals surface area (Å²) in [5, 5.41) is 9.12. The van der Waals surface area contributed by atoms with Crippen LogP contribution in [0, 0.1) is 20.8 Å². The fourth-order valence-corrected chi connectivity index (χ4v) is 3.04. The Morgan fingerprint density at radius 1 is 0.741 bits per heavy atom. The first-order chi connectivity index (χ1) is 13.0. The highest BCUT2D eigenvalue weighted by Gasteiger charge is 1.99. The first-order valence-electron chi connectivity index (χ1n) is 9.01. The van der Waals surface area contributed by atoms with Crippen LogP contribution in [0.4, 0.5) is 0 Å². The Morgan fingerprint density at radius 2 is 1.33 bits per heavy atom. The third kappa shape index (κ3) is 7.46. The van der Waals surface area contributed by atoms with E-state index in [1.807, 2.05) is 55.5 Å². The molecule has 27 heavy (non-hydrogen) atoms. The highest BCUT2D eigenvalue weighted by atomic mass is 35.5. The largest absolute Gasteiger partial charge is 0.489 e. The zero-order valence-corrected chi connectivity index (χ0v) is 17.0. The number of ether oxygens (including phenoxy) is 1. The monoisotopic (exact) mass is 382 g/mol. The van der Waals surface area contributed by atoms with Gasteiger partial charge in [0.25, 0.3) is 0 Å². The number of aliphatic hydroxyl groups is 1. The lowest BCUT2D eigenvalue weighted by atomic mass is 10.1. The van der Waals surface area contributed by atoms with Crippen molar-refractivity contribution in [2.75, 3.05) is 0 Å². The lowest BCUT2D eigenvalue weighted by molar-refractivity contribution is 0.278. The molecule has 142 valence electrons. The highest BCUT2D eigenvalue weighted by Crippen LogP contribution is 2.18. The summed E-state index contributed by atoms with van der Waals surface area (Å²) in [5.74, 6) is 1.42.